The Morgan fingerprint density at radius 2 is 1.61 bits per heavy atom. The third-order valence-electron chi connectivity index (χ3n) is 6.48. The van der Waals surface area contributed by atoms with E-state index in [1.165, 1.54) is 0 Å². The molecule has 2 fully saturated rings. The van der Waals surface area contributed by atoms with E-state index in [1.807, 2.05) is 4.90 Å². The van der Waals surface area contributed by atoms with Gasteiger partial charge in [0.15, 0.2) is 0 Å². The predicted octanol–water partition coefficient (Wildman–Crippen LogP) is 2.68. The Hall–Kier alpha value is -1.93. The van der Waals surface area contributed by atoms with Crippen LogP contribution in [0, 0.1) is 11.8 Å². The number of likely N-dealkylation sites (tertiary alicyclic amines) is 1. The molecule has 1 aromatic rings. The third-order valence-corrected chi connectivity index (χ3v) is 7.92. The summed E-state index contributed by atoms with van der Waals surface area (Å²) >= 11 is 0. The molecule has 2 N–H and O–H groups in total. The van der Waals surface area contributed by atoms with Gasteiger partial charge in [-0.2, -0.15) is 0 Å². The number of benzene rings is 1. The number of sulfonamides is 1. The largest absolute Gasteiger partial charge is 0.344 e. The van der Waals surface area contributed by atoms with Gasteiger partial charge in [0, 0.05) is 25.6 Å². The highest BCUT2D eigenvalue weighted by atomic mass is 32.2. The van der Waals surface area contributed by atoms with E-state index in [-0.39, 0.29) is 28.5 Å². The van der Waals surface area contributed by atoms with Crippen LogP contribution in [0.15, 0.2) is 35.2 Å². The lowest BCUT2D eigenvalue weighted by atomic mass is 9.81. The first-order valence-corrected chi connectivity index (χ1v) is 13.0. The maximum absolute atomic E-state index is 12.7. The van der Waals surface area contributed by atoms with Crippen molar-refractivity contribution in [2.24, 2.45) is 11.8 Å². The van der Waals surface area contributed by atoms with Gasteiger partial charge in [0.25, 0.3) is 0 Å². The monoisotopic (exact) mass is 449 g/mol. The summed E-state index contributed by atoms with van der Waals surface area (Å²) in [6, 6.07) is 7.86. The van der Waals surface area contributed by atoms with Crippen LogP contribution in [0.1, 0.15) is 58.3 Å². The molecule has 1 aliphatic carbocycles. The first-order chi connectivity index (χ1) is 14.9. The van der Waals surface area contributed by atoms with Gasteiger partial charge in [-0.3, -0.25) is 9.59 Å². The van der Waals surface area contributed by atoms with E-state index in [4.69, 9.17) is 0 Å². The average Bonchev–Trinajstić information content (AvgIpc) is 3.07. The topological polar surface area (TPSA) is 95.6 Å². The van der Waals surface area contributed by atoms with Gasteiger partial charge in [0.1, 0.15) is 6.04 Å². The number of carbonyl (C=O) groups is 2. The summed E-state index contributed by atoms with van der Waals surface area (Å²) in [4.78, 5) is 27.5. The fourth-order valence-corrected chi connectivity index (χ4v) is 5.63. The molecule has 1 saturated carbocycles. The first-order valence-electron chi connectivity index (χ1n) is 11.5. The van der Waals surface area contributed by atoms with Crippen LogP contribution in [0.2, 0.25) is 0 Å². The fraction of sp³-hybridized carbons (Fsp3) is 0.652. The molecule has 0 bridgehead atoms. The highest BCUT2D eigenvalue weighted by Gasteiger charge is 2.30. The van der Waals surface area contributed by atoms with Gasteiger partial charge in [-0.15, -0.1) is 0 Å². The van der Waals surface area contributed by atoms with E-state index >= 15 is 0 Å². The average molecular weight is 450 g/mol. The maximum atomic E-state index is 12.7. The number of amides is 2. The van der Waals surface area contributed by atoms with Gasteiger partial charge in [-0.05, 0) is 63.5 Å². The van der Waals surface area contributed by atoms with Crippen LogP contribution in [0.3, 0.4) is 0 Å². The van der Waals surface area contributed by atoms with E-state index in [0.29, 0.717) is 19.4 Å². The van der Waals surface area contributed by atoms with Crippen LogP contribution >= 0.6 is 0 Å². The Kier molecular flexibility index (Phi) is 8.49. The molecule has 1 aliphatic heterocycles. The quantitative estimate of drug-likeness (QED) is 0.669. The SMILES string of the molecule is C[C@@H](NC(=O)C1CCC(CNS(=O)(=O)c2ccccc2)CC1)C(=O)N1CCCCCC1. The summed E-state index contributed by atoms with van der Waals surface area (Å²) < 4.78 is 27.4. The lowest BCUT2D eigenvalue weighted by Crippen LogP contribution is -2.49. The van der Waals surface area contributed by atoms with Crippen molar-refractivity contribution in [1.29, 1.82) is 0 Å². The van der Waals surface area contributed by atoms with Crippen molar-refractivity contribution in [3.63, 3.8) is 0 Å². The highest BCUT2D eigenvalue weighted by molar-refractivity contribution is 7.89. The van der Waals surface area contributed by atoms with E-state index in [1.54, 1.807) is 37.3 Å². The number of hydrogen-bond donors (Lipinski definition) is 2. The number of rotatable bonds is 7. The lowest BCUT2D eigenvalue weighted by Gasteiger charge is -2.30. The summed E-state index contributed by atoms with van der Waals surface area (Å²) in [5.74, 6) is 0.0679. The summed E-state index contributed by atoms with van der Waals surface area (Å²) in [5.41, 5.74) is 0. The van der Waals surface area contributed by atoms with Crippen LogP contribution < -0.4 is 10.0 Å². The number of hydrogen-bond acceptors (Lipinski definition) is 4. The maximum Gasteiger partial charge on any atom is 0.244 e. The molecule has 172 valence electrons. The van der Waals surface area contributed by atoms with Gasteiger partial charge in [-0.25, -0.2) is 13.1 Å². The normalized spacial score (nSPS) is 23.6. The van der Waals surface area contributed by atoms with Crippen LogP contribution in [0.25, 0.3) is 0 Å². The highest BCUT2D eigenvalue weighted by Crippen LogP contribution is 2.29. The molecule has 1 saturated heterocycles. The molecule has 0 unspecified atom stereocenters. The van der Waals surface area contributed by atoms with Crippen LogP contribution in [-0.4, -0.2) is 50.8 Å². The zero-order valence-electron chi connectivity index (χ0n) is 18.4. The van der Waals surface area contributed by atoms with E-state index in [2.05, 4.69) is 10.0 Å². The molecule has 0 spiro atoms. The molecule has 2 amide bonds. The number of carbonyl (C=O) groups excluding carboxylic acids is 2. The van der Waals surface area contributed by atoms with Crippen molar-refractivity contribution in [1.82, 2.24) is 14.9 Å². The Labute approximate surface area is 186 Å². The molecule has 1 aromatic carbocycles. The molecular weight excluding hydrogens is 414 g/mol. The minimum atomic E-state index is -3.50. The molecule has 1 heterocycles. The van der Waals surface area contributed by atoms with Gasteiger partial charge in [0.05, 0.1) is 4.90 Å². The summed E-state index contributed by atoms with van der Waals surface area (Å²) in [5, 5.41) is 2.92. The van der Waals surface area contributed by atoms with Crippen molar-refractivity contribution < 1.29 is 18.0 Å². The van der Waals surface area contributed by atoms with Crippen LogP contribution in [-0.2, 0) is 19.6 Å². The van der Waals surface area contributed by atoms with Crippen LogP contribution in [0.4, 0.5) is 0 Å². The van der Waals surface area contributed by atoms with Gasteiger partial charge >= 0.3 is 0 Å². The number of nitrogens with one attached hydrogen (secondary N) is 2. The molecule has 0 aromatic heterocycles. The second-order valence-corrected chi connectivity index (χ2v) is 10.6. The third kappa shape index (κ3) is 6.77. The fourth-order valence-electron chi connectivity index (χ4n) is 4.50. The van der Waals surface area contributed by atoms with Crippen molar-refractivity contribution in [2.75, 3.05) is 19.6 Å². The summed E-state index contributed by atoms with van der Waals surface area (Å²) in [6.45, 7) is 3.72. The summed E-state index contributed by atoms with van der Waals surface area (Å²) in [6.07, 6.45) is 7.41. The minimum absolute atomic E-state index is 0.0132. The smallest absolute Gasteiger partial charge is 0.244 e. The first kappa shape index (κ1) is 23.7. The van der Waals surface area contributed by atoms with Gasteiger partial charge in [-0.1, -0.05) is 31.0 Å². The Morgan fingerprint density at radius 1 is 1.00 bits per heavy atom. The molecule has 3 rings (SSSR count). The zero-order chi connectivity index (χ0) is 22.3. The molecule has 31 heavy (non-hydrogen) atoms. The van der Waals surface area contributed by atoms with Crippen molar-refractivity contribution in [2.45, 2.75) is 69.2 Å². The van der Waals surface area contributed by atoms with E-state index in [0.717, 1.165) is 51.6 Å². The Morgan fingerprint density at radius 3 is 2.23 bits per heavy atom. The molecule has 1 atom stereocenters. The minimum Gasteiger partial charge on any atom is -0.344 e. The second kappa shape index (κ2) is 11.1. The van der Waals surface area contributed by atoms with Crippen molar-refractivity contribution in [3.05, 3.63) is 30.3 Å². The van der Waals surface area contributed by atoms with E-state index in [9.17, 15) is 18.0 Å². The van der Waals surface area contributed by atoms with Gasteiger partial charge in [0.2, 0.25) is 21.8 Å². The second-order valence-electron chi connectivity index (χ2n) is 8.85. The predicted molar refractivity (Wildman–Crippen MR) is 120 cm³/mol. The van der Waals surface area contributed by atoms with Crippen molar-refractivity contribution >= 4 is 21.8 Å². The molecular formula is C23H35N3O4S. The standard InChI is InChI=1S/C23H35N3O4S/c1-18(23(28)26-15-7-2-3-8-16-26)25-22(27)20-13-11-19(12-14-20)17-24-31(29,30)21-9-5-4-6-10-21/h4-6,9-10,18-20,24H,2-3,7-8,11-17H2,1H3,(H,25,27)/t18-,19?,20?/m1/s1. The molecule has 0 radical (unpaired) electrons. The van der Waals surface area contributed by atoms with E-state index < -0.39 is 16.1 Å². The Bertz CT molecular complexity index is 828. The summed E-state index contributed by atoms with van der Waals surface area (Å²) in [7, 11) is -3.50. The van der Waals surface area contributed by atoms with Crippen molar-refractivity contribution in [3.8, 4) is 0 Å². The van der Waals surface area contributed by atoms with Crippen LogP contribution in [0.5, 0.6) is 0 Å². The lowest BCUT2D eigenvalue weighted by molar-refractivity contribution is -0.137. The molecule has 7 nitrogen and oxygen atoms in total. The number of nitrogens with zero attached hydrogens (tertiary/aromatic N) is 1. The molecule has 8 heteroatoms. The zero-order valence-corrected chi connectivity index (χ0v) is 19.2. The Balaban J connectivity index is 1.41. The van der Waals surface area contributed by atoms with Gasteiger partial charge < -0.3 is 10.2 Å². The molecule has 2 aliphatic rings.